The van der Waals surface area contributed by atoms with E-state index in [9.17, 15) is 9.90 Å². The highest BCUT2D eigenvalue weighted by molar-refractivity contribution is 5.96. The summed E-state index contributed by atoms with van der Waals surface area (Å²) in [5.74, 6) is 1.18. The lowest BCUT2D eigenvalue weighted by atomic mass is 10.2. The van der Waals surface area contributed by atoms with E-state index < -0.39 is 0 Å². The van der Waals surface area contributed by atoms with Crippen molar-refractivity contribution >= 4 is 12.1 Å². The predicted octanol–water partition coefficient (Wildman–Crippen LogP) is 2.76. The molecular formula is C16H18N2O4. The average Bonchev–Trinajstić information content (AvgIpc) is 2.82. The van der Waals surface area contributed by atoms with Gasteiger partial charge in [0.25, 0.3) is 5.91 Å². The highest BCUT2D eigenvalue weighted by atomic mass is 16.5. The van der Waals surface area contributed by atoms with Crippen molar-refractivity contribution in [3.05, 3.63) is 46.9 Å². The van der Waals surface area contributed by atoms with Gasteiger partial charge in [-0.05, 0) is 39.0 Å². The minimum Gasteiger partial charge on any atom is -0.504 e. The van der Waals surface area contributed by atoms with Gasteiger partial charge in [-0.3, -0.25) is 4.79 Å². The standard InChI is InChI=1S/C16H18N2O4/c1-4-21-14-7-5-6-12(15(14)19)9-17-18-16(20)13-8-10(2)22-11(13)3/h5-9,19H,4H2,1-3H3,(H,18,20)/b17-9-. The number of ether oxygens (including phenoxy) is 1. The van der Waals surface area contributed by atoms with E-state index >= 15 is 0 Å². The number of nitrogens with zero attached hydrogens (tertiary/aromatic N) is 1. The Bertz CT molecular complexity index is 704. The van der Waals surface area contributed by atoms with Crippen LogP contribution in [0.1, 0.15) is 34.4 Å². The summed E-state index contributed by atoms with van der Waals surface area (Å²) in [5.41, 5.74) is 3.28. The summed E-state index contributed by atoms with van der Waals surface area (Å²) in [5, 5.41) is 13.9. The lowest BCUT2D eigenvalue weighted by Gasteiger charge is -2.07. The molecule has 1 amide bonds. The summed E-state index contributed by atoms with van der Waals surface area (Å²) in [6.45, 7) is 5.76. The summed E-state index contributed by atoms with van der Waals surface area (Å²) in [6.07, 6.45) is 1.36. The minimum atomic E-state index is -0.369. The molecule has 0 aliphatic heterocycles. The second-order valence-electron chi connectivity index (χ2n) is 4.65. The molecule has 0 bridgehead atoms. The Labute approximate surface area is 128 Å². The Morgan fingerprint density at radius 1 is 1.45 bits per heavy atom. The molecule has 0 atom stereocenters. The molecule has 1 heterocycles. The number of phenolic OH excluding ortho intramolecular Hbond substituents is 1. The van der Waals surface area contributed by atoms with Gasteiger partial charge in [0.15, 0.2) is 11.5 Å². The lowest BCUT2D eigenvalue weighted by molar-refractivity contribution is 0.0953. The summed E-state index contributed by atoms with van der Waals surface area (Å²) in [4.78, 5) is 12.0. The Hall–Kier alpha value is -2.76. The highest BCUT2D eigenvalue weighted by Crippen LogP contribution is 2.28. The molecule has 116 valence electrons. The van der Waals surface area contributed by atoms with E-state index in [1.807, 2.05) is 6.92 Å². The predicted molar refractivity (Wildman–Crippen MR) is 82.5 cm³/mol. The molecule has 22 heavy (non-hydrogen) atoms. The lowest BCUT2D eigenvalue weighted by Crippen LogP contribution is -2.17. The third-order valence-electron chi connectivity index (χ3n) is 2.99. The van der Waals surface area contributed by atoms with Gasteiger partial charge < -0.3 is 14.3 Å². The van der Waals surface area contributed by atoms with Crippen molar-refractivity contribution in [1.29, 1.82) is 0 Å². The molecule has 0 saturated carbocycles. The van der Waals surface area contributed by atoms with Crippen LogP contribution in [0.4, 0.5) is 0 Å². The Balaban J connectivity index is 2.08. The Morgan fingerprint density at radius 2 is 2.23 bits per heavy atom. The number of benzene rings is 1. The van der Waals surface area contributed by atoms with Gasteiger partial charge in [0, 0.05) is 5.56 Å². The maximum absolute atomic E-state index is 12.0. The number of para-hydroxylation sites is 1. The number of carbonyl (C=O) groups excluding carboxylic acids is 1. The van der Waals surface area contributed by atoms with Crippen molar-refractivity contribution in [2.75, 3.05) is 6.61 Å². The van der Waals surface area contributed by atoms with Crippen LogP contribution < -0.4 is 10.2 Å². The Morgan fingerprint density at radius 3 is 2.86 bits per heavy atom. The number of aryl methyl sites for hydroxylation is 2. The van der Waals surface area contributed by atoms with E-state index in [2.05, 4.69) is 10.5 Å². The molecule has 2 rings (SSSR count). The van der Waals surface area contributed by atoms with Crippen molar-refractivity contribution < 1.29 is 19.1 Å². The molecule has 1 aromatic carbocycles. The number of nitrogens with one attached hydrogen (secondary N) is 1. The maximum Gasteiger partial charge on any atom is 0.274 e. The topological polar surface area (TPSA) is 84.1 Å². The van der Waals surface area contributed by atoms with Crippen molar-refractivity contribution in [1.82, 2.24) is 5.43 Å². The van der Waals surface area contributed by atoms with E-state index in [1.165, 1.54) is 6.21 Å². The van der Waals surface area contributed by atoms with Crippen LogP contribution in [0.5, 0.6) is 11.5 Å². The first-order valence-corrected chi connectivity index (χ1v) is 6.88. The van der Waals surface area contributed by atoms with Gasteiger partial charge in [0.2, 0.25) is 0 Å². The Kier molecular flexibility index (Phi) is 4.83. The third-order valence-corrected chi connectivity index (χ3v) is 2.99. The minimum absolute atomic E-state index is 0.0160. The molecule has 0 radical (unpaired) electrons. The molecule has 0 saturated heterocycles. The quantitative estimate of drug-likeness (QED) is 0.657. The largest absolute Gasteiger partial charge is 0.504 e. The van der Waals surface area contributed by atoms with Gasteiger partial charge in [-0.25, -0.2) is 5.43 Å². The second kappa shape index (κ2) is 6.80. The van der Waals surface area contributed by atoms with Crippen molar-refractivity contribution in [3.8, 4) is 11.5 Å². The number of hydrogen-bond acceptors (Lipinski definition) is 5. The van der Waals surface area contributed by atoms with Crippen LogP contribution in [0.3, 0.4) is 0 Å². The number of hydrogen-bond donors (Lipinski definition) is 2. The number of carbonyl (C=O) groups is 1. The maximum atomic E-state index is 12.0. The molecule has 0 aliphatic rings. The molecule has 0 spiro atoms. The average molecular weight is 302 g/mol. The van der Waals surface area contributed by atoms with Crippen LogP contribution in [0.2, 0.25) is 0 Å². The fourth-order valence-corrected chi connectivity index (χ4v) is 1.99. The first-order chi connectivity index (χ1) is 10.5. The molecule has 6 heteroatoms. The van der Waals surface area contributed by atoms with E-state index in [1.54, 1.807) is 38.1 Å². The summed E-state index contributed by atoms with van der Waals surface area (Å²) >= 11 is 0. The SMILES string of the molecule is CCOc1cccc(/C=N\NC(=O)c2cc(C)oc2C)c1O. The third kappa shape index (κ3) is 3.46. The van der Waals surface area contributed by atoms with Gasteiger partial charge in [0.05, 0.1) is 18.4 Å². The van der Waals surface area contributed by atoms with Gasteiger partial charge in [-0.2, -0.15) is 5.10 Å². The van der Waals surface area contributed by atoms with Crippen LogP contribution in [0, 0.1) is 13.8 Å². The van der Waals surface area contributed by atoms with Crippen LogP contribution in [0.25, 0.3) is 0 Å². The molecule has 0 unspecified atom stereocenters. The number of rotatable bonds is 5. The summed E-state index contributed by atoms with van der Waals surface area (Å²) in [6, 6.07) is 6.71. The van der Waals surface area contributed by atoms with Gasteiger partial charge in [-0.15, -0.1) is 0 Å². The second-order valence-corrected chi connectivity index (χ2v) is 4.65. The summed E-state index contributed by atoms with van der Waals surface area (Å²) < 4.78 is 10.6. The fraction of sp³-hybridized carbons (Fsp3) is 0.250. The van der Waals surface area contributed by atoms with E-state index in [0.717, 1.165) is 0 Å². The van der Waals surface area contributed by atoms with Crippen LogP contribution >= 0.6 is 0 Å². The first kappa shape index (κ1) is 15.6. The normalized spacial score (nSPS) is 10.9. The molecular weight excluding hydrogens is 284 g/mol. The summed E-state index contributed by atoms with van der Waals surface area (Å²) in [7, 11) is 0. The smallest absolute Gasteiger partial charge is 0.274 e. The number of hydrazone groups is 1. The zero-order valence-corrected chi connectivity index (χ0v) is 12.7. The zero-order valence-electron chi connectivity index (χ0n) is 12.7. The van der Waals surface area contributed by atoms with E-state index in [4.69, 9.17) is 9.15 Å². The van der Waals surface area contributed by atoms with Gasteiger partial charge in [-0.1, -0.05) is 6.07 Å². The van der Waals surface area contributed by atoms with Gasteiger partial charge >= 0.3 is 0 Å². The fourth-order valence-electron chi connectivity index (χ4n) is 1.99. The molecule has 0 fully saturated rings. The zero-order chi connectivity index (χ0) is 16.1. The first-order valence-electron chi connectivity index (χ1n) is 6.88. The number of furan rings is 1. The van der Waals surface area contributed by atoms with Crippen LogP contribution in [-0.2, 0) is 0 Å². The number of aromatic hydroxyl groups is 1. The van der Waals surface area contributed by atoms with Crippen LogP contribution in [-0.4, -0.2) is 23.8 Å². The molecule has 2 N–H and O–H groups in total. The van der Waals surface area contributed by atoms with Crippen molar-refractivity contribution in [2.45, 2.75) is 20.8 Å². The monoisotopic (exact) mass is 302 g/mol. The highest BCUT2D eigenvalue weighted by Gasteiger charge is 2.12. The van der Waals surface area contributed by atoms with Crippen molar-refractivity contribution in [2.24, 2.45) is 5.10 Å². The molecule has 6 nitrogen and oxygen atoms in total. The molecule has 0 aliphatic carbocycles. The number of amides is 1. The molecule has 1 aromatic heterocycles. The van der Waals surface area contributed by atoms with Gasteiger partial charge in [0.1, 0.15) is 11.5 Å². The van der Waals surface area contributed by atoms with E-state index in [0.29, 0.717) is 35.0 Å². The van der Waals surface area contributed by atoms with E-state index in [-0.39, 0.29) is 11.7 Å². The number of phenols is 1. The molecule has 2 aromatic rings. The van der Waals surface area contributed by atoms with Crippen LogP contribution in [0.15, 0.2) is 33.8 Å². The van der Waals surface area contributed by atoms with Crippen molar-refractivity contribution in [3.63, 3.8) is 0 Å².